The van der Waals surface area contributed by atoms with Gasteiger partial charge in [-0.15, -0.1) is 0 Å². The molecule has 0 aliphatic rings. The lowest BCUT2D eigenvalue weighted by atomic mass is 10.1. The molecule has 8 heteroatoms. The number of anilines is 1. The molecule has 0 saturated heterocycles. The van der Waals surface area contributed by atoms with Crippen LogP contribution >= 0.6 is 11.6 Å². The summed E-state index contributed by atoms with van der Waals surface area (Å²) >= 11 is 6.13. The van der Waals surface area contributed by atoms with E-state index in [0.717, 1.165) is 5.56 Å². The Labute approximate surface area is 185 Å². The Balaban J connectivity index is 1.87. The van der Waals surface area contributed by atoms with Crippen LogP contribution in [0.1, 0.15) is 36.3 Å². The van der Waals surface area contributed by atoms with Crippen LogP contribution in [0.3, 0.4) is 0 Å². The molecule has 3 aromatic rings. The normalized spacial score (nSPS) is 11.4. The number of aliphatic imine (C=N–C) groups is 1. The van der Waals surface area contributed by atoms with Crippen molar-refractivity contribution in [1.29, 1.82) is 5.41 Å². The number of rotatable bonds is 6. The second-order valence-corrected chi connectivity index (χ2v) is 7.70. The fraction of sp³-hybridized carbons (Fsp3) is 0.174. The van der Waals surface area contributed by atoms with Gasteiger partial charge in [0.05, 0.1) is 5.69 Å². The number of carbonyl (C=O) groups is 1. The average Bonchev–Trinajstić information content (AvgIpc) is 2.73. The fourth-order valence-corrected chi connectivity index (χ4v) is 3.09. The van der Waals surface area contributed by atoms with Crippen molar-refractivity contribution in [2.24, 2.45) is 16.6 Å². The minimum Gasteiger partial charge on any atom is -0.387 e. The van der Waals surface area contributed by atoms with E-state index in [1.807, 2.05) is 44.2 Å². The SMILES string of the molecule is CC(C)CC(N)=NC(=N)c1ccccc1NC(=O)c1cc(Cl)nc(-c2ccccc2)n1. The van der Waals surface area contributed by atoms with Crippen LogP contribution in [-0.4, -0.2) is 27.5 Å². The molecule has 0 bridgehead atoms. The summed E-state index contributed by atoms with van der Waals surface area (Å²) in [6.07, 6.45) is 0.582. The maximum atomic E-state index is 12.9. The lowest BCUT2D eigenvalue weighted by Gasteiger charge is -2.11. The van der Waals surface area contributed by atoms with Crippen molar-refractivity contribution >= 4 is 34.9 Å². The highest BCUT2D eigenvalue weighted by atomic mass is 35.5. The highest BCUT2D eigenvalue weighted by molar-refractivity contribution is 6.30. The summed E-state index contributed by atoms with van der Waals surface area (Å²) < 4.78 is 0. The van der Waals surface area contributed by atoms with E-state index >= 15 is 0 Å². The lowest BCUT2D eigenvalue weighted by Crippen LogP contribution is -2.19. The molecule has 3 rings (SSSR count). The Bertz CT molecular complexity index is 1130. The van der Waals surface area contributed by atoms with Crippen molar-refractivity contribution < 1.29 is 4.79 Å². The minimum atomic E-state index is -0.471. The maximum Gasteiger partial charge on any atom is 0.274 e. The maximum absolute atomic E-state index is 12.9. The first kappa shape index (κ1) is 22.1. The third kappa shape index (κ3) is 5.96. The van der Waals surface area contributed by atoms with E-state index in [-0.39, 0.29) is 16.7 Å². The number of nitrogens with two attached hydrogens (primary N) is 1. The van der Waals surface area contributed by atoms with Gasteiger partial charge in [0.2, 0.25) is 0 Å². The zero-order valence-electron chi connectivity index (χ0n) is 17.3. The van der Waals surface area contributed by atoms with Crippen molar-refractivity contribution in [3.8, 4) is 11.4 Å². The molecule has 0 radical (unpaired) electrons. The molecule has 0 spiro atoms. The van der Waals surface area contributed by atoms with Crippen molar-refractivity contribution in [2.75, 3.05) is 5.32 Å². The van der Waals surface area contributed by atoms with Gasteiger partial charge in [-0.3, -0.25) is 10.2 Å². The second-order valence-electron chi connectivity index (χ2n) is 7.31. The summed E-state index contributed by atoms with van der Waals surface area (Å²) in [7, 11) is 0. The predicted molar refractivity (Wildman–Crippen MR) is 125 cm³/mol. The number of amidine groups is 2. The molecule has 0 saturated carbocycles. The van der Waals surface area contributed by atoms with Crippen molar-refractivity contribution in [2.45, 2.75) is 20.3 Å². The summed E-state index contributed by atoms with van der Waals surface area (Å²) in [6.45, 7) is 4.05. The summed E-state index contributed by atoms with van der Waals surface area (Å²) in [6, 6.07) is 17.6. The first-order valence-electron chi connectivity index (χ1n) is 9.76. The molecule has 0 atom stereocenters. The fourth-order valence-electron chi connectivity index (χ4n) is 2.90. The van der Waals surface area contributed by atoms with Crippen molar-refractivity contribution in [3.05, 3.63) is 77.1 Å². The highest BCUT2D eigenvalue weighted by Gasteiger charge is 2.16. The molecule has 1 aromatic heterocycles. The minimum absolute atomic E-state index is 0.0280. The molecular formula is C23H23ClN6O. The molecule has 4 N–H and O–H groups in total. The van der Waals surface area contributed by atoms with Gasteiger partial charge in [0.1, 0.15) is 16.7 Å². The monoisotopic (exact) mass is 434 g/mol. The quantitative estimate of drug-likeness (QED) is 0.294. The van der Waals surface area contributed by atoms with E-state index in [2.05, 4.69) is 20.3 Å². The van der Waals surface area contributed by atoms with Gasteiger partial charge in [0.15, 0.2) is 11.7 Å². The molecule has 2 aromatic carbocycles. The molecule has 0 aliphatic carbocycles. The van der Waals surface area contributed by atoms with Crippen LogP contribution in [0.25, 0.3) is 11.4 Å². The summed E-state index contributed by atoms with van der Waals surface area (Å²) in [5.74, 6) is 0.551. The number of benzene rings is 2. The zero-order chi connectivity index (χ0) is 22.4. The molecule has 1 amide bonds. The number of hydrogen-bond acceptors (Lipinski definition) is 4. The molecule has 7 nitrogen and oxygen atoms in total. The number of hydrogen-bond donors (Lipinski definition) is 3. The zero-order valence-corrected chi connectivity index (χ0v) is 18.0. The smallest absolute Gasteiger partial charge is 0.274 e. The van der Waals surface area contributed by atoms with Crippen molar-refractivity contribution in [3.63, 3.8) is 0 Å². The van der Waals surface area contributed by atoms with Crippen LogP contribution in [0.5, 0.6) is 0 Å². The number of amides is 1. The summed E-state index contributed by atoms with van der Waals surface area (Å²) in [4.78, 5) is 25.6. The van der Waals surface area contributed by atoms with E-state index in [4.69, 9.17) is 22.7 Å². The standard InChI is InChI=1S/C23H23ClN6O/c1-14(2)12-20(25)30-21(26)16-10-6-7-11-17(16)28-23(31)18-13-19(24)29-22(27-18)15-8-4-3-5-9-15/h3-11,13-14H,12H2,1-2H3,(H,28,31)(H3,25,26,30). The number of nitrogens with zero attached hydrogens (tertiary/aromatic N) is 3. The van der Waals surface area contributed by atoms with E-state index < -0.39 is 5.91 Å². The van der Waals surface area contributed by atoms with Gasteiger partial charge in [-0.2, -0.15) is 0 Å². The topological polar surface area (TPSA) is 117 Å². The molecule has 0 aliphatic heterocycles. The Morgan fingerprint density at radius 2 is 1.81 bits per heavy atom. The van der Waals surface area contributed by atoms with E-state index in [1.54, 1.807) is 24.3 Å². The van der Waals surface area contributed by atoms with Crippen LogP contribution in [0.4, 0.5) is 5.69 Å². The molecule has 1 heterocycles. The number of aromatic nitrogens is 2. The number of nitrogens with one attached hydrogen (secondary N) is 2. The van der Waals surface area contributed by atoms with Gasteiger partial charge in [-0.05, 0) is 18.1 Å². The highest BCUT2D eigenvalue weighted by Crippen LogP contribution is 2.21. The molecular weight excluding hydrogens is 412 g/mol. The Morgan fingerprint density at radius 3 is 2.52 bits per heavy atom. The van der Waals surface area contributed by atoms with Gasteiger partial charge < -0.3 is 11.1 Å². The average molecular weight is 435 g/mol. The third-order valence-electron chi connectivity index (χ3n) is 4.26. The van der Waals surface area contributed by atoms with E-state index in [1.165, 1.54) is 6.07 Å². The first-order valence-corrected chi connectivity index (χ1v) is 10.1. The Morgan fingerprint density at radius 1 is 1.13 bits per heavy atom. The van der Waals surface area contributed by atoms with E-state index in [9.17, 15) is 4.79 Å². The van der Waals surface area contributed by atoms with Gasteiger partial charge in [0, 0.05) is 23.6 Å². The third-order valence-corrected chi connectivity index (χ3v) is 4.46. The lowest BCUT2D eigenvalue weighted by molar-refractivity contribution is 0.102. The number of halogens is 1. The summed E-state index contributed by atoms with van der Waals surface area (Å²) in [5, 5.41) is 11.3. The van der Waals surface area contributed by atoms with Crippen molar-refractivity contribution in [1.82, 2.24) is 9.97 Å². The van der Waals surface area contributed by atoms with Gasteiger partial charge in [0.25, 0.3) is 5.91 Å². The van der Waals surface area contributed by atoms with Crippen LogP contribution < -0.4 is 11.1 Å². The Kier molecular flexibility index (Phi) is 7.10. The largest absolute Gasteiger partial charge is 0.387 e. The van der Waals surface area contributed by atoms with Crippen LogP contribution in [0, 0.1) is 11.3 Å². The second kappa shape index (κ2) is 9.95. The predicted octanol–water partition coefficient (Wildman–Crippen LogP) is 4.78. The Hall–Kier alpha value is -3.58. The molecule has 0 unspecified atom stereocenters. The molecule has 31 heavy (non-hydrogen) atoms. The van der Waals surface area contributed by atoms with Crippen LogP contribution in [0.2, 0.25) is 5.15 Å². The van der Waals surface area contributed by atoms with Gasteiger partial charge >= 0.3 is 0 Å². The van der Waals surface area contributed by atoms with Crippen LogP contribution in [0.15, 0.2) is 65.7 Å². The first-order chi connectivity index (χ1) is 14.8. The van der Waals surface area contributed by atoms with Crippen LogP contribution in [-0.2, 0) is 0 Å². The summed E-state index contributed by atoms with van der Waals surface area (Å²) in [5.41, 5.74) is 7.67. The molecule has 0 fully saturated rings. The van der Waals surface area contributed by atoms with Gasteiger partial charge in [-0.25, -0.2) is 15.0 Å². The number of para-hydroxylation sites is 1. The van der Waals surface area contributed by atoms with Gasteiger partial charge in [-0.1, -0.05) is 67.9 Å². The molecule has 158 valence electrons. The number of carbonyl (C=O) groups excluding carboxylic acids is 1. The van der Waals surface area contributed by atoms with E-state index in [0.29, 0.717) is 35.2 Å².